The highest BCUT2D eigenvalue weighted by atomic mass is 19.1. The Labute approximate surface area is 179 Å². The first kappa shape index (κ1) is 20.9. The van der Waals surface area contributed by atoms with Crippen LogP contribution in [-0.4, -0.2) is 61.0 Å². The summed E-state index contributed by atoms with van der Waals surface area (Å²) in [7, 11) is 0. The number of anilines is 1. The molecular formula is C25H32FN3O. The van der Waals surface area contributed by atoms with Gasteiger partial charge in [0.1, 0.15) is 5.82 Å². The summed E-state index contributed by atoms with van der Waals surface area (Å²) in [5.41, 5.74) is 2.45. The van der Waals surface area contributed by atoms with Crippen LogP contribution >= 0.6 is 0 Å². The van der Waals surface area contributed by atoms with Gasteiger partial charge in [-0.2, -0.15) is 0 Å². The van der Waals surface area contributed by atoms with Crippen molar-refractivity contribution >= 4 is 11.6 Å². The molecule has 1 amide bonds. The fourth-order valence-electron chi connectivity index (χ4n) is 4.74. The lowest BCUT2D eigenvalue weighted by Crippen LogP contribution is -2.55. The van der Waals surface area contributed by atoms with Crippen molar-refractivity contribution in [1.82, 2.24) is 9.80 Å². The van der Waals surface area contributed by atoms with E-state index in [4.69, 9.17) is 0 Å². The van der Waals surface area contributed by atoms with Gasteiger partial charge < -0.3 is 9.80 Å². The third-order valence-electron chi connectivity index (χ3n) is 6.70. The summed E-state index contributed by atoms with van der Waals surface area (Å²) in [5.74, 6) is 0.735. The monoisotopic (exact) mass is 409 g/mol. The number of piperazine rings is 1. The lowest BCUT2D eigenvalue weighted by Gasteiger charge is -2.41. The number of rotatable bonds is 5. The second-order valence-corrected chi connectivity index (χ2v) is 8.63. The van der Waals surface area contributed by atoms with Gasteiger partial charge in [0.15, 0.2) is 0 Å². The van der Waals surface area contributed by atoms with Crippen LogP contribution in [0.15, 0.2) is 54.6 Å². The average molecular weight is 410 g/mol. The number of likely N-dealkylation sites (tertiary alicyclic amines) is 1. The van der Waals surface area contributed by atoms with Gasteiger partial charge >= 0.3 is 0 Å². The number of hydrogen-bond acceptors (Lipinski definition) is 3. The van der Waals surface area contributed by atoms with Crippen LogP contribution < -0.4 is 4.90 Å². The van der Waals surface area contributed by atoms with Gasteiger partial charge in [0.05, 0.1) is 6.04 Å². The maximum Gasteiger partial charge on any atom is 0.239 e. The molecule has 2 fully saturated rings. The molecule has 0 radical (unpaired) electrons. The van der Waals surface area contributed by atoms with E-state index in [2.05, 4.69) is 45.0 Å². The second-order valence-electron chi connectivity index (χ2n) is 8.63. The fraction of sp³-hybridized carbons (Fsp3) is 0.480. The molecule has 4 rings (SSSR count). The Balaban J connectivity index is 1.24. The summed E-state index contributed by atoms with van der Waals surface area (Å²) in [6, 6.07) is 17.3. The smallest absolute Gasteiger partial charge is 0.239 e. The van der Waals surface area contributed by atoms with Crippen LogP contribution in [-0.2, 0) is 11.2 Å². The van der Waals surface area contributed by atoms with E-state index >= 15 is 0 Å². The number of carbonyl (C=O) groups excluding carboxylic acids is 1. The van der Waals surface area contributed by atoms with Crippen LogP contribution in [0.25, 0.3) is 0 Å². The molecule has 4 nitrogen and oxygen atoms in total. The number of carbonyl (C=O) groups is 1. The van der Waals surface area contributed by atoms with E-state index in [1.807, 2.05) is 19.1 Å². The van der Waals surface area contributed by atoms with E-state index in [0.29, 0.717) is 5.92 Å². The zero-order valence-corrected chi connectivity index (χ0v) is 17.8. The molecule has 1 atom stereocenters. The predicted octanol–water partition coefficient (Wildman–Crippen LogP) is 3.82. The average Bonchev–Trinajstić information content (AvgIpc) is 2.80. The number of halogens is 1. The Kier molecular flexibility index (Phi) is 6.68. The Hall–Kier alpha value is -2.40. The van der Waals surface area contributed by atoms with Crippen molar-refractivity contribution in [3.05, 3.63) is 66.0 Å². The van der Waals surface area contributed by atoms with Crippen molar-refractivity contribution in [3.63, 3.8) is 0 Å². The van der Waals surface area contributed by atoms with Gasteiger partial charge in [0.25, 0.3) is 0 Å². The third-order valence-corrected chi connectivity index (χ3v) is 6.70. The molecule has 2 aliphatic heterocycles. The van der Waals surface area contributed by atoms with E-state index < -0.39 is 0 Å². The highest BCUT2D eigenvalue weighted by Crippen LogP contribution is 2.23. The van der Waals surface area contributed by atoms with Gasteiger partial charge in [0.2, 0.25) is 5.91 Å². The van der Waals surface area contributed by atoms with Crippen molar-refractivity contribution < 1.29 is 9.18 Å². The zero-order chi connectivity index (χ0) is 20.9. The summed E-state index contributed by atoms with van der Waals surface area (Å²) in [4.78, 5) is 19.7. The van der Waals surface area contributed by atoms with E-state index in [-0.39, 0.29) is 17.8 Å². The molecule has 0 aliphatic carbocycles. The molecule has 5 heteroatoms. The SMILES string of the molecule is C[C@H](C(=O)N1CCC(Cc2ccccc2)CC1)N1CCN(c2ccc(F)cc2)CC1. The third kappa shape index (κ3) is 5.01. The van der Waals surface area contributed by atoms with Crippen LogP contribution in [0.1, 0.15) is 25.3 Å². The van der Waals surface area contributed by atoms with Gasteiger partial charge in [-0.25, -0.2) is 4.39 Å². The van der Waals surface area contributed by atoms with Crippen LogP contribution in [0.2, 0.25) is 0 Å². The van der Waals surface area contributed by atoms with Crippen molar-refractivity contribution in [2.75, 3.05) is 44.2 Å². The summed E-state index contributed by atoms with van der Waals surface area (Å²) < 4.78 is 13.2. The maximum atomic E-state index is 13.2. The Morgan fingerprint density at radius 2 is 1.57 bits per heavy atom. The minimum atomic E-state index is -0.204. The molecule has 30 heavy (non-hydrogen) atoms. The standard InChI is InChI=1S/C25H32FN3O/c1-20(27-15-17-28(18-16-27)24-9-7-23(26)8-10-24)25(30)29-13-11-22(12-14-29)19-21-5-3-2-4-6-21/h2-10,20,22H,11-19H2,1H3/t20-/m1/s1. The Morgan fingerprint density at radius 3 is 2.20 bits per heavy atom. The molecule has 0 unspecified atom stereocenters. The highest BCUT2D eigenvalue weighted by molar-refractivity contribution is 5.81. The molecule has 2 heterocycles. The number of piperidine rings is 1. The number of amides is 1. The number of nitrogens with zero attached hydrogens (tertiary/aromatic N) is 3. The first-order valence-electron chi connectivity index (χ1n) is 11.2. The number of benzene rings is 2. The lowest BCUT2D eigenvalue weighted by molar-refractivity contribution is -0.138. The first-order valence-corrected chi connectivity index (χ1v) is 11.2. The quantitative estimate of drug-likeness (QED) is 0.751. The van der Waals surface area contributed by atoms with Crippen LogP contribution in [0.4, 0.5) is 10.1 Å². The van der Waals surface area contributed by atoms with Crippen molar-refractivity contribution in [2.24, 2.45) is 5.92 Å². The van der Waals surface area contributed by atoms with Gasteiger partial charge in [0, 0.05) is 45.0 Å². The Morgan fingerprint density at radius 1 is 0.933 bits per heavy atom. The van der Waals surface area contributed by atoms with E-state index in [1.165, 1.54) is 17.7 Å². The Bertz CT molecular complexity index is 810. The maximum absolute atomic E-state index is 13.2. The molecule has 2 aromatic rings. The molecule has 2 aromatic carbocycles. The van der Waals surface area contributed by atoms with Gasteiger partial charge in [-0.05, 0) is 61.9 Å². The minimum Gasteiger partial charge on any atom is -0.369 e. The molecule has 2 aliphatic rings. The molecule has 0 saturated carbocycles. The van der Waals surface area contributed by atoms with Crippen molar-refractivity contribution in [3.8, 4) is 0 Å². The fourth-order valence-corrected chi connectivity index (χ4v) is 4.74. The normalized spacial score (nSPS) is 19.7. The topological polar surface area (TPSA) is 26.8 Å². The summed E-state index contributed by atoms with van der Waals surface area (Å²) >= 11 is 0. The number of hydrogen-bond donors (Lipinski definition) is 0. The van der Waals surface area contributed by atoms with E-state index in [9.17, 15) is 9.18 Å². The molecule has 0 aromatic heterocycles. The molecule has 160 valence electrons. The molecule has 0 N–H and O–H groups in total. The predicted molar refractivity (Wildman–Crippen MR) is 119 cm³/mol. The molecule has 0 spiro atoms. The van der Waals surface area contributed by atoms with Gasteiger partial charge in [-0.1, -0.05) is 30.3 Å². The highest BCUT2D eigenvalue weighted by Gasteiger charge is 2.31. The second kappa shape index (κ2) is 9.61. The summed E-state index contributed by atoms with van der Waals surface area (Å²) in [6.45, 7) is 7.23. The first-order chi connectivity index (χ1) is 14.6. The van der Waals surface area contributed by atoms with E-state index in [0.717, 1.165) is 64.2 Å². The summed E-state index contributed by atoms with van der Waals surface area (Å²) in [6.07, 6.45) is 3.29. The van der Waals surface area contributed by atoms with E-state index in [1.54, 1.807) is 0 Å². The van der Waals surface area contributed by atoms with Gasteiger partial charge in [-0.3, -0.25) is 9.69 Å². The summed E-state index contributed by atoms with van der Waals surface area (Å²) in [5, 5.41) is 0. The van der Waals surface area contributed by atoms with Crippen LogP contribution in [0.5, 0.6) is 0 Å². The minimum absolute atomic E-state index is 0.0777. The van der Waals surface area contributed by atoms with Crippen LogP contribution in [0.3, 0.4) is 0 Å². The van der Waals surface area contributed by atoms with Crippen molar-refractivity contribution in [2.45, 2.75) is 32.2 Å². The largest absolute Gasteiger partial charge is 0.369 e. The zero-order valence-electron chi connectivity index (χ0n) is 17.8. The van der Waals surface area contributed by atoms with Crippen molar-refractivity contribution in [1.29, 1.82) is 0 Å². The molecule has 2 saturated heterocycles. The molecular weight excluding hydrogens is 377 g/mol. The van der Waals surface area contributed by atoms with Crippen LogP contribution in [0, 0.1) is 11.7 Å². The lowest BCUT2D eigenvalue weighted by atomic mass is 9.90. The molecule has 0 bridgehead atoms. The van der Waals surface area contributed by atoms with Gasteiger partial charge in [-0.15, -0.1) is 0 Å².